The lowest BCUT2D eigenvalue weighted by Gasteiger charge is -2.15. The van der Waals surface area contributed by atoms with Gasteiger partial charge in [-0.3, -0.25) is 9.13 Å². The highest BCUT2D eigenvalue weighted by atomic mass is 19.4. The highest BCUT2D eigenvalue weighted by molar-refractivity contribution is 5.84. The van der Waals surface area contributed by atoms with E-state index in [1.807, 2.05) is 31.2 Å². The fourth-order valence-electron chi connectivity index (χ4n) is 2.74. The van der Waals surface area contributed by atoms with Crippen molar-refractivity contribution in [3.63, 3.8) is 0 Å². The Morgan fingerprint density at radius 3 is 2.27 bits per heavy atom. The van der Waals surface area contributed by atoms with Gasteiger partial charge in [0.25, 0.3) is 0 Å². The van der Waals surface area contributed by atoms with Crippen molar-refractivity contribution in [2.24, 2.45) is 7.05 Å². The molecule has 0 saturated carbocycles. The number of halogens is 3. The average molecular weight is 365 g/mol. The van der Waals surface area contributed by atoms with Crippen LogP contribution in [-0.2, 0) is 19.8 Å². The molecule has 0 bridgehead atoms. The Morgan fingerprint density at radius 1 is 1.12 bits per heavy atom. The minimum atomic E-state index is -4.71. The van der Waals surface area contributed by atoms with Crippen LogP contribution in [0.15, 0.2) is 29.1 Å². The van der Waals surface area contributed by atoms with Gasteiger partial charge in [-0.05, 0) is 12.5 Å². The molecule has 0 aliphatic rings. The molecule has 0 N–H and O–H groups in total. The zero-order valence-electron chi connectivity index (χ0n) is 14.8. The lowest BCUT2D eigenvalue weighted by molar-refractivity contribution is -0.144. The van der Waals surface area contributed by atoms with Crippen molar-refractivity contribution >= 4 is 17.0 Å². The zero-order valence-corrected chi connectivity index (χ0v) is 14.8. The molecular formula is C17H18F3N5O. The first kappa shape index (κ1) is 18.0. The monoisotopic (exact) mass is 365 g/mol. The van der Waals surface area contributed by atoms with Crippen LogP contribution in [0.4, 0.5) is 19.0 Å². The predicted molar refractivity (Wildman–Crippen MR) is 92.4 cm³/mol. The van der Waals surface area contributed by atoms with Crippen LogP contribution < -0.4 is 10.6 Å². The first-order chi connectivity index (χ1) is 12.1. The number of anilines is 1. The number of alkyl halides is 3. The van der Waals surface area contributed by atoms with Crippen LogP contribution in [0.2, 0.25) is 0 Å². The number of nitrogens with zero attached hydrogens (tertiary/aromatic N) is 5. The quantitative estimate of drug-likeness (QED) is 0.716. The van der Waals surface area contributed by atoms with Gasteiger partial charge in [-0.2, -0.15) is 13.2 Å². The van der Waals surface area contributed by atoms with Crippen molar-refractivity contribution in [2.45, 2.75) is 19.6 Å². The normalized spacial score (nSPS) is 12.0. The number of hydrogen-bond acceptors (Lipinski definition) is 4. The molecule has 0 spiro atoms. The number of rotatable bonds is 3. The van der Waals surface area contributed by atoms with Crippen LogP contribution in [0.25, 0.3) is 11.2 Å². The van der Waals surface area contributed by atoms with Crippen molar-refractivity contribution in [3.05, 3.63) is 51.7 Å². The van der Waals surface area contributed by atoms with E-state index in [9.17, 15) is 18.0 Å². The summed E-state index contributed by atoms with van der Waals surface area (Å²) in [5.41, 5.74) is 1.63. The van der Waals surface area contributed by atoms with Crippen LogP contribution in [0, 0.1) is 6.92 Å². The molecule has 0 fully saturated rings. The number of aryl methyl sites for hydroxylation is 2. The maximum atomic E-state index is 13.2. The first-order valence-electron chi connectivity index (χ1n) is 7.87. The van der Waals surface area contributed by atoms with E-state index in [2.05, 4.69) is 9.97 Å². The van der Waals surface area contributed by atoms with Gasteiger partial charge in [0.2, 0.25) is 5.82 Å². The highest BCUT2D eigenvalue weighted by Crippen LogP contribution is 2.30. The third-order valence-corrected chi connectivity index (χ3v) is 4.09. The van der Waals surface area contributed by atoms with Gasteiger partial charge in [-0.15, -0.1) is 0 Å². The average Bonchev–Trinajstić information content (AvgIpc) is 2.80. The smallest absolute Gasteiger partial charge is 0.361 e. The van der Waals surface area contributed by atoms with Gasteiger partial charge in [0.15, 0.2) is 11.5 Å². The molecule has 26 heavy (non-hydrogen) atoms. The molecule has 0 saturated heterocycles. The molecule has 3 aromatic rings. The summed E-state index contributed by atoms with van der Waals surface area (Å²) in [6.07, 6.45) is -4.71. The van der Waals surface area contributed by atoms with Crippen molar-refractivity contribution < 1.29 is 13.2 Å². The number of benzene rings is 1. The molecule has 0 aliphatic carbocycles. The molecule has 0 aliphatic heterocycles. The van der Waals surface area contributed by atoms with Gasteiger partial charge in [-0.25, -0.2) is 14.8 Å². The third-order valence-electron chi connectivity index (χ3n) is 4.09. The molecule has 1 aromatic carbocycles. The van der Waals surface area contributed by atoms with E-state index in [-0.39, 0.29) is 23.5 Å². The lowest BCUT2D eigenvalue weighted by Crippen LogP contribution is -2.23. The Hall–Kier alpha value is -2.84. The van der Waals surface area contributed by atoms with Gasteiger partial charge < -0.3 is 4.90 Å². The number of aromatic nitrogens is 4. The van der Waals surface area contributed by atoms with Crippen LogP contribution in [0.5, 0.6) is 0 Å². The number of imidazole rings is 1. The maximum absolute atomic E-state index is 13.2. The Balaban J connectivity index is 2.29. The summed E-state index contributed by atoms with van der Waals surface area (Å²) < 4.78 is 42.2. The fourth-order valence-corrected chi connectivity index (χ4v) is 2.74. The minimum absolute atomic E-state index is 0.0379. The Kier molecular flexibility index (Phi) is 4.25. The summed E-state index contributed by atoms with van der Waals surface area (Å²) in [7, 11) is 4.65. The molecule has 2 aromatic heterocycles. The summed E-state index contributed by atoms with van der Waals surface area (Å²) in [6.45, 7) is 2.05. The van der Waals surface area contributed by atoms with Crippen LogP contribution in [-0.4, -0.2) is 33.2 Å². The Labute approximate surface area is 147 Å². The van der Waals surface area contributed by atoms with Crippen LogP contribution in [0.1, 0.15) is 17.0 Å². The highest BCUT2D eigenvalue weighted by Gasteiger charge is 2.37. The van der Waals surface area contributed by atoms with E-state index in [1.165, 1.54) is 21.1 Å². The lowest BCUT2D eigenvalue weighted by atomic mass is 10.1. The van der Waals surface area contributed by atoms with Crippen LogP contribution >= 0.6 is 0 Å². The van der Waals surface area contributed by atoms with Gasteiger partial charge in [0.05, 0.1) is 6.54 Å². The summed E-state index contributed by atoms with van der Waals surface area (Å²) in [4.78, 5) is 21.4. The van der Waals surface area contributed by atoms with E-state index in [0.717, 1.165) is 11.1 Å². The Morgan fingerprint density at radius 2 is 1.73 bits per heavy atom. The Bertz CT molecular complexity index is 1020. The van der Waals surface area contributed by atoms with Crippen molar-refractivity contribution in [2.75, 3.05) is 19.0 Å². The van der Waals surface area contributed by atoms with Crippen molar-refractivity contribution in [3.8, 4) is 0 Å². The first-order valence-corrected chi connectivity index (χ1v) is 7.87. The van der Waals surface area contributed by atoms with Gasteiger partial charge in [-0.1, -0.05) is 29.8 Å². The molecule has 0 radical (unpaired) electrons. The second-order valence-corrected chi connectivity index (χ2v) is 6.35. The van der Waals surface area contributed by atoms with E-state index in [4.69, 9.17) is 0 Å². The van der Waals surface area contributed by atoms with E-state index in [0.29, 0.717) is 0 Å². The van der Waals surface area contributed by atoms with E-state index >= 15 is 0 Å². The van der Waals surface area contributed by atoms with Crippen LogP contribution in [0.3, 0.4) is 0 Å². The molecule has 6 nitrogen and oxygen atoms in total. The SMILES string of the molecule is Cc1ccc(Cn2c(=O)n(C)c3c(N(C)C)nc(C(F)(F)F)nc32)cc1. The predicted octanol–water partition coefficient (Wildman–Crippen LogP) is 2.57. The van der Waals surface area contributed by atoms with Gasteiger partial charge in [0, 0.05) is 21.1 Å². The second-order valence-electron chi connectivity index (χ2n) is 6.35. The van der Waals surface area contributed by atoms with E-state index < -0.39 is 17.7 Å². The molecule has 138 valence electrons. The zero-order chi connectivity index (χ0) is 19.2. The third kappa shape index (κ3) is 3.04. The van der Waals surface area contributed by atoms with Gasteiger partial charge >= 0.3 is 11.9 Å². The molecular weight excluding hydrogens is 347 g/mol. The molecule has 2 heterocycles. The molecule has 0 amide bonds. The molecule has 9 heteroatoms. The second kappa shape index (κ2) is 6.15. The summed E-state index contributed by atoms with van der Waals surface area (Å²) in [6, 6.07) is 7.43. The largest absolute Gasteiger partial charge is 0.451 e. The molecule has 0 unspecified atom stereocenters. The summed E-state index contributed by atoms with van der Waals surface area (Å²) >= 11 is 0. The summed E-state index contributed by atoms with van der Waals surface area (Å²) in [5, 5.41) is 0. The van der Waals surface area contributed by atoms with Crippen molar-refractivity contribution in [1.29, 1.82) is 0 Å². The minimum Gasteiger partial charge on any atom is -0.361 e. The van der Waals surface area contributed by atoms with Gasteiger partial charge in [0.1, 0.15) is 5.52 Å². The fraction of sp³-hybridized carbons (Fsp3) is 0.353. The molecule has 3 rings (SSSR count). The maximum Gasteiger partial charge on any atom is 0.451 e. The topological polar surface area (TPSA) is 56.0 Å². The van der Waals surface area contributed by atoms with E-state index in [1.54, 1.807) is 14.1 Å². The van der Waals surface area contributed by atoms with Crippen molar-refractivity contribution in [1.82, 2.24) is 19.1 Å². The summed E-state index contributed by atoms with van der Waals surface area (Å²) in [5.74, 6) is -1.22. The number of fused-ring (bicyclic) bond motifs is 1. The standard InChI is InChI=1S/C17H18F3N5O/c1-10-5-7-11(8-6-10)9-25-14-12(24(4)16(25)26)13(23(2)3)21-15(22-14)17(18,19)20/h5-8H,9H2,1-4H3. The molecule has 0 atom stereocenters. The number of hydrogen-bond donors (Lipinski definition) is 0.